The van der Waals surface area contributed by atoms with Gasteiger partial charge in [0.1, 0.15) is 5.75 Å². The molecule has 0 bridgehead atoms. The van der Waals surface area contributed by atoms with Crippen molar-refractivity contribution < 1.29 is 4.74 Å². The first kappa shape index (κ1) is 14.5. The quantitative estimate of drug-likeness (QED) is 0.813. The number of nitrogens with zero attached hydrogens (tertiary/aromatic N) is 3. The molecule has 2 aromatic rings. The van der Waals surface area contributed by atoms with Crippen LogP contribution in [0.5, 0.6) is 5.75 Å². The summed E-state index contributed by atoms with van der Waals surface area (Å²) in [4.78, 5) is 0. The summed E-state index contributed by atoms with van der Waals surface area (Å²) in [6.07, 6.45) is 4.09. The first-order valence-corrected chi connectivity index (χ1v) is 8.09. The lowest BCUT2D eigenvalue weighted by atomic mass is 10.1. The zero-order valence-corrected chi connectivity index (χ0v) is 13.7. The highest BCUT2D eigenvalue weighted by molar-refractivity contribution is 9.10. The molecule has 1 aliphatic heterocycles. The predicted octanol–water partition coefficient (Wildman–Crippen LogP) is 2.52. The molecule has 0 atom stereocenters. The van der Waals surface area contributed by atoms with Gasteiger partial charge in [-0.05, 0) is 30.7 Å². The van der Waals surface area contributed by atoms with E-state index in [1.165, 1.54) is 5.56 Å². The van der Waals surface area contributed by atoms with Crippen LogP contribution in [0.3, 0.4) is 0 Å². The van der Waals surface area contributed by atoms with Gasteiger partial charge in [0.05, 0.1) is 25.0 Å². The molecule has 0 amide bonds. The molecule has 0 unspecified atom stereocenters. The Balaban J connectivity index is 1.72. The van der Waals surface area contributed by atoms with Crippen LogP contribution in [-0.2, 0) is 19.5 Å². The van der Waals surface area contributed by atoms with E-state index >= 15 is 0 Å². The van der Waals surface area contributed by atoms with Gasteiger partial charge in [-0.25, -0.2) is 4.68 Å². The second-order valence-corrected chi connectivity index (χ2v) is 6.15. The van der Waals surface area contributed by atoms with Crippen molar-refractivity contribution in [2.75, 3.05) is 13.2 Å². The van der Waals surface area contributed by atoms with Crippen molar-refractivity contribution in [3.63, 3.8) is 0 Å². The van der Waals surface area contributed by atoms with Crippen molar-refractivity contribution in [2.45, 2.75) is 32.9 Å². The van der Waals surface area contributed by atoms with Crippen LogP contribution in [0, 0.1) is 0 Å². The lowest BCUT2D eigenvalue weighted by Gasteiger charge is -2.08. The Morgan fingerprint density at radius 3 is 3.19 bits per heavy atom. The Kier molecular flexibility index (Phi) is 4.55. The minimum atomic E-state index is 0.683. The average molecular weight is 351 g/mol. The fourth-order valence-corrected chi connectivity index (χ4v) is 3.08. The third kappa shape index (κ3) is 3.44. The normalized spacial score (nSPS) is 13.2. The highest BCUT2D eigenvalue weighted by atomic mass is 79.9. The molecule has 0 saturated carbocycles. The zero-order chi connectivity index (χ0) is 14.7. The lowest BCUT2D eigenvalue weighted by Crippen LogP contribution is -2.13. The van der Waals surface area contributed by atoms with Gasteiger partial charge in [-0.15, -0.1) is 5.10 Å². The SMILES string of the molecule is CCCNCc1cn(Cc2cc(Br)cc3c2OCC3)nn1. The number of halogens is 1. The Hall–Kier alpha value is -1.40. The van der Waals surface area contributed by atoms with Gasteiger partial charge < -0.3 is 10.1 Å². The van der Waals surface area contributed by atoms with Gasteiger partial charge in [0.2, 0.25) is 0 Å². The molecular weight excluding hydrogens is 332 g/mol. The van der Waals surface area contributed by atoms with Crippen LogP contribution in [0.2, 0.25) is 0 Å². The summed E-state index contributed by atoms with van der Waals surface area (Å²) in [5, 5.41) is 11.7. The topological polar surface area (TPSA) is 52.0 Å². The van der Waals surface area contributed by atoms with Crippen molar-refractivity contribution in [1.82, 2.24) is 20.3 Å². The van der Waals surface area contributed by atoms with E-state index in [1.54, 1.807) is 0 Å². The number of fused-ring (bicyclic) bond motifs is 1. The Morgan fingerprint density at radius 2 is 2.33 bits per heavy atom. The minimum Gasteiger partial charge on any atom is -0.493 e. The molecule has 2 heterocycles. The number of aromatic nitrogens is 3. The van der Waals surface area contributed by atoms with Gasteiger partial charge in [-0.2, -0.15) is 0 Å². The van der Waals surface area contributed by atoms with Gasteiger partial charge in [-0.3, -0.25) is 0 Å². The molecule has 0 aliphatic carbocycles. The van der Waals surface area contributed by atoms with Crippen LogP contribution >= 0.6 is 15.9 Å². The maximum atomic E-state index is 5.75. The maximum absolute atomic E-state index is 5.75. The first-order chi connectivity index (χ1) is 10.3. The van der Waals surface area contributed by atoms with E-state index in [-0.39, 0.29) is 0 Å². The van der Waals surface area contributed by atoms with E-state index in [2.05, 4.69) is 50.6 Å². The first-order valence-electron chi connectivity index (χ1n) is 7.30. The largest absolute Gasteiger partial charge is 0.493 e. The molecule has 112 valence electrons. The highest BCUT2D eigenvalue weighted by Crippen LogP contribution is 2.33. The van der Waals surface area contributed by atoms with Gasteiger partial charge >= 0.3 is 0 Å². The summed E-state index contributed by atoms with van der Waals surface area (Å²) >= 11 is 3.57. The number of benzene rings is 1. The van der Waals surface area contributed by atoms with Crippen LogP contribution in [0.4, 0.5) is 0 Å². The summed E-state index contributed by atoms with van der Waals surface area (Å²) in [6.45, 7) is 5.36. The van der Waals surface area contributed by atoms with Crippen LogP contribution in [0.15, 0.2) is 22.8 Å². The molecule has 1 aromatic carbocycles. The minimum absolute atomic E-state index is 0.683. The van der Waals surface area contributed by atoms with E-state index in [4.69, 9.17) is 4.74 Å². The van der Waals surface area contributed by atoms with Crippen LogP contribution < -0.4 is 10.1 Å². The fourth-order valence-electron chi connectivity index (χ4n) is 2.53. The second kappa shape index (κ2) is 6.58. The van der Waals surface area contributed by atoms with Gasteiger partial charge in [0.25, 0.3) is 0 Å². The molecule has 6 heteroatoms. The number of ether oxygens (including phenoxy) is 1. The summed E-state index contributed by atoms with van der Waals surface area (Å²) < 4.78 is 8.71. The predicted molar refractivity (Wildman–Crippen MR) is 84.5 cm³/mol. The second-order valence-electron chi connectivity index (χ2n) is 5.24. The van der Waals surface area contributed by atoms with Gasteiger partial charge in [0.15, 0.2) is 0 Å². The van der Waals surface area contributed by atoms with E-state index < -0.39 is 0 Å². The molecule has 21 heavy (non-hydrogen) atoms. The van der Waals surface area contributed by atoms with Crippen molar-refractivity contribution in [2.24, 2.45) is 0 Å². The molecule has 0 spiro atoms. The molecule has 1 N–H and O–H groups in total. The Morgan fingerprint density at radius 1 is 1.43 bits per heavy atom. The van der Waals surface area contributed by atoms with Gasteiger partial charge in [0, 0.05) is 23.0 Å². The van der Waals surface area contributed by atoms with Crippen LogP contribution in [0.25, 0.3) is 0 Å². The lowest BCUT2D eigenvalue weighted by molar-refractivity contribution is 0.352. The van der Waals surface area contributed by atoms with Crippen molar-refractivity contribution in [1.29, 1.82) is 0 Å². The van der Waals surface area contributed by atoms with E-state index in [1.807, 2.05) is 10.9 Å². The highest BCUT2D eigenvalue weighted by Gasteiger charge is 2.18. The summed E-state index contributed by atoms with van der Waals surface area (Å²) in [7, 11) is 0. The van der Waals surface area contributed by atoms with Crippen molar-refractivity contribution in [3.05, 3.63) is 39.6 Å². The number of hydrogen-bond acceptors (Lipinski definition) is 4. The number of nitrogens with one attached hydrogen (secondary N) is 1. The third-order valence-electron chi connectivity index (χ3n) is 3.48. The maximum Gasteiger partial charge on any atom is 0.127 e. The van der Waals surface area contributed by atoms with E-state index in [0.717, 1.165) is 54.0 Å². The van der Waals surface area contributed by atoms with Gasteiger partial charge in [-0.1, -0.05) is 28.1 Å². The molecule has 1 aliphatic rings. The third-order valence-corrected chi connectivity index (χ3v) is 3.93. The number of hydrogen-bond donors (Lipinski definition) is 1. The molecule has 1 aromatic heterocycles. The number of rotatable bonds is 6. The Labute approximate surface area is 132 Å². The Bertz CT molecular complexity index is 626. The van der Waals surface area contributed by atoms with E-state index in [9.17, 15) is 0 Å². The smallest absolute Gasteiger partial charge is 0.127 e. The molecule has 0 fully saturated rings. The standard InChI is InChI=1S/C15H19BrN4O/c1-2-4-17-8-14-10-20(19-18-14)9-12-7-13(16)6-11-3-5-21-15(11)12/h6-7,10,17H,2-5,8-9H2,1H3. The van der Waals surface area contributed by atoms with Crippen molar-refractivity contribution in [3.8, 4) is 5.75 Å². The average Bonchev–Trinajstić information content (AvgIpc) is 3.08. The van der Waals surface area contributed by atoms with Crippen molar-refractivity contribution >= 4 is 15.9 Å². The summed E-state index contributed by atoms with van der Waals surface area (Å²) in [5.41, 5.74) is 3.38. The molecule has 3 rings (SSSR count). The zero-order valence-electron chi connectivity index (χ0n) is 12.1. The summed E-state index contributed by atoms with van der Waals surface area (Å²) in [6, 6.07) is 4.23. The van der Waals surface area contributed by atoms with Crippen LogP contribution in [0.1, 0.15) is 30.2 Å². The molecule has 0 radical (unpaired) electrons. The van der Waals surface area contributed by atoms with E-state index in [0.29, 0.717) is 6.54 Å². The molecular formula is C15H19BrN4O. The fraction of sp³-hybridized carbons (Fsp3) is 0.467. The monoisotopic (exact) mass is 350 g/mol. The molecule has 5 nitrogen and oxygen atoms in total. The van der Waals surface area contributed by atoms with Crippen LogP contribution in [-0.4, -0.2) is 28.1 Å². The molecule has 0 saturated heterocycles. The summed E-state index contributed by atoms with van der Waals surface area (Å²) in [5.74, 6) is 1.01.